The van der Waals surface area contributed by atoms with Gasteiger partial charge in [-0.2, -0.15) is 0 Å². The van der Waals surface area contributed by atoms with Crippen molar-refractivity contribution >= 4 is 52.7 Å². The van der Waals surface area contributed by atoms with Crippen molar-refractivity contribution in [3.63, 3.8) is 0 Å². The van der Waals surface area contributed by atoms with E-state index in [1.807, 2.05) is 0 Å². The highest BCUT2D eigenvalue weighted by atomic mass is 32.2. The van der Waals surface area contributed by atoms with Gasteiger partial charge in [0.15, 0.2) is 5.11 Å². The first-order valence-corrected chi connectivity index (χ1v) is 10.6. The highest BCUT2D eigenvalue weighted by Gasteiger charge is 2.32. The Labute approximate surface area is 178 Å². The summed E-state index contributed by atoms with van der Waals surface area (Å²) in [6.07, 6.45) is 8.49. The smallest absolute Gasteiger partial charge is 0.283 e. The number of nitrogens with one attached hydrogen (secondary N) is 1. The Balaban J connectivity index is 1.89. The SMILES string of the molecule is C=CCN1C(=O)C(=Cc2ccc(SC3CCCCC3)c([N+](=O)[O-])c2)C(=O)NC1=S. The van der Waals surface area contributed by atoms with Gasteiger partial charge in [0.05, 0.1) is 9.82 Å². The van der Waals surface area contributed by atoms with Crippen molar-refractivity contribution < 1.29 is 14.5 Å². The van der Waals surface area contributed by atoms with Crippen molar-refractivity contribution in [1.29, 1.82) is 0 Å². The first kappa shape index (κ1) is 21.2. The molecule has 2 fully saturated rings. The number of benzene rings is 1. The first-order chi connectivity index (χ1) is 13.9. The molecule has 1 aliphatic carbocycles. The fourth-order valence-corrected chi connectivity index (χ4v) is 4.96. The number of carbonyl (C=O) groups is 2. The Bertz CT molecular complexity index is 907. The van der Waals surface area contributed by atoms with Gasteiger partial charge in [0, 0.05) is 17.9 Å². The van der Waals surface area contributed by atoms with Crippen LogP contribution in [-0.2, 0) is 9.59 Å². The van der Waals surface area contributed by atoms with E-state index in [0.717, 1.165) is 25.7 Å². The number of hydrogen-bond acceptors (Lipinski definition) is 6. The van der Waals surface area contributed by atoms with Gasteiger partial charge in [-0.1, -0.05) is 31.4 Å². The molecule has 152 valence electrons. The van der Waals surface area contributed by atoms with E-state index < -0.39 is 16.7 Å². The van der Waals surface area contributed by atoms with Crippen LogP contribution < -0.4 is 5.32 Å². The molecule has 0 bridgehead atoms. The van der Waals surface area contributed by atoms with Crippen molar-refractivity contribution in [2.75, 3.05) is 6.54 Å². The molecule has 2 aliphatic rings. The highest BCUT2D eigenvalue weighted by molar-refractivity contribution is 8.00. The molecule has 1 heterocycles. The van der Waals surface area contributed by atoms with Crippen molar-refractivity contribution in [3.8, 4) is 0 Å². The molecule has 1 aromatic carbocycles. The van der Waals surface area contributed by atoms with E-state index >= 15 is 0 Å². The maximum atomic E-state index is 12.6. The van der Waals surface area contributed by atoms with Crippen molar-refractivity contribution in [3.05, 3.63) is 52.1 Å². The van der Waals surface area contributed by atoms with Gasteiger partial charge in [0.2, 0.25) is 0 Å². The second-order valence-corrected chi connectivity index (χ2v) is 8.61. The third-order valence-electron chi connectivity index (χ3n) is 4.83. The lowest BCUT2D eigenvalue weighted by atomic mass is 10.0. The average molecular weight is 432 g/mol. The van der Waals surface area contributed by atoms with Gasteiger partial charge in [0.1, 0.15) is 5.57 Å². The standard InChI is InChI=1S/C20H21N3O4S2/c1-2-10-22-19(25)15(18(24)21-20(22)28)11-13-8-9-17(16(12-13)23(26)27)29-14-6-4-3-5-7-14/h2,8-9,11-12,14H,1,3-7,10H2,(H,21,24,28). The molecule has 1 saturated carbocycles. The van der Waals surface area contributed by atoms with Crippen LogP contribution in [-0.4, -0.2) is 38.5 Å². The van der Waals surface area contributed by atoms with Crippen LogP contribution in [0.4, 0.5) is 5.69 Å². The largest absolute Gasteiger partial charge is 0.298 e. The quantitative estimate of drug-likeness (QED) is 0.184. The van der Waals surface area contributed by atoms with E-state index in [1.54, 1.807) is 12.1 Å². The lowest BCUT2D eigenvalue weighted by Gasteiger charge is -2.27. The summed E-state index contributed by atoms with van der Waals surface area (Å²) < 4.78 is 0. The minimum absolute atomic E-state index is 0.0160. The normalized spacial score (nSPS) is 19.4. The van der Waals surface area contributed by atoms with Crippen LogP contribution in [0.3, 0.4) is 0 Å². The van der Waals surface area contributed by atoms with Crippen molar-refractivity contribution in [2.45, 2.75) is 42.2 Å². The number of nitrogens with zero attached hydrogens (tertiary/aromatic N) is 2. The van der Waals surface area contributed by atoms with Crippen LogP contribution in [0.5, 0.6) is 0 Å². The second kappa shape index (κ2) is 9.32. The Morgan fingerprint density at radius 2 is 2.03 bits per heavy atom. The summed E-state index contributed by atoms with van der Waals surface area (Å²) in [6, 6.07) is 4.79. The summed E-state index contributed by atoms with van der Waals surface area (Å²) in [7, 11) is 0. The molecule has 1 saturated heterocycles. The van der Waals surface area contributed by atoms with Gasteiger partial charge >= 0.3 is 0 Å². The number of thiocarbonyl (C=S) groups is 1. The maximum absolute atomic E-state index is 12.6. The molecule has 0 radical (unpaired) electrons. The van der Waals surface area contributed by atoms with Gasteiger partial charge in [0.25, 0.3) is 17.5 Å². The lowest BCUT2D eigenvalue weighted by molar-refractivity contribution is -0.387. The lowest BCUT2D eigenvalue weighted by Crippen LogP contribution is -2.53. The number of nitro benzene ring substituents is 1. The van der Waals surface area contributed by atoms with Gasteiger partial charge in [-0.05, 0) is 42.8 Å². The average Bonchev–Trinajstić information content (AvgIpc) is 2.70. The van der Waals surface area contributed by atoms with Crippen molar-refractivity contribution in [2.24, 2.45) is 0 Å². The predicted molar refractivity (Wildman–Crippen MR) is 116 cm³/mol. The van der Waals surface area contributed by atoms with Gasteiger partial charge in [-0.3, -0.25) is 29.9 Å². The second-order valence-electron chi connectivity index (χ2n) is 6.88. The molecule has 0 aromatic heterocycles. The molecule has 0 unspecified atom stereocenters. The van der Waals surface area contributed by atoms with Crippen LogP contribution in [0.15, 0.2) is 41.3 Å². The Kier molecular flexibility index (Phi) is 6.81. The fourth-order valence-electron chi connectivity index (χ4n) is 3.38. The Morgan fingerprint density at radius 1 is 1.31 bits per heavy atom. The molecule has 9 heteroatoms. The summed E-state index contributed by atoms with van der Waals surface area (Å²) >= 11 is 6.56. The van der Waals surface area contributed by atoms with E-state index in [0.29, 0.717) is 15.7 Å². The van der Waals surface area contributed by atoms with E-state index in [9.17, 15) is 19.7 Å². The minimum atomic E-state index is -0.622. The number of thioether (sulfide) groups is 1. The van der Waals surface area contributed by atoms with Crippen LogP contribution in [0, 0.1) is 10.1 Å². The monoisotopic (exact) mass is 431 g/mol. The summed E-state index contributed by atoms with van der Waals surface area (Å²) in [5, 5.41) is 14.5. The van der Waals surface area contributed by atoms with Gasteiger partial charge < -0.3 is 0 Å². The molecule has 2 amide bonds. The third kappa shape index (κ3) is 4.91. The zero-order valence-electron chi connectivity index (χ0n) is 15.8. The first-order valence-electron chi connectivity index (χ1n) is 9.35. The number of nitro groups is 1. The molecule has 0 spiro atoms. The van der Waals surface area contributed by atoms with Crippen LogP contribution in [0.1, 0.15) is 37.7 Å². The topological polar surface area (TPSA) is 92.6 Å². The molecule has 1 aromatic rings. The minimum Gasteiger partial charge on any atom is -0.298 e. The predicted octanol–water partition coefficient (Wildman–Crippen LogP) is 3.83. The van der Waals surface area contributed by atoms with E-state index in [1.165, 1.54) is 41.3 Å². The fraction of sp³-hybridized carbons (Fsp3) is 0.350. The molecule has 1 aliphatic heterocycles. The molecule has 29 heavy (non-hydrogen) atoms. The van der Waals surface area contributed by atoms with Crippen molar-refractivity contribution in [1.82, 2.24) is 10.2 Å². The molecule has 7 nitrogen and oxygen atoms in total. The van der Waals surface area contributed by atoms with Gasteiger partial charge in [-0.25, -0.2) is 0 Å². The van der Waals surface area contributed by atoms with E-state index in [-0.39, 0.29) is 22.9 Å². The molecule has 1 N–H and O–H groups in total. The van der Waals surface area contributed by atoms with Crippen LogP contribution in [0.2, 0.25) is 0 Å². The van der Waals surface area contributed by atoms with E-state index in [4.69, 9.17) is 12.2 Å². The molecular formula is C20H21N3O4S2. The zero-order chi connectivity index (χ0) is 21.0. The Hall–Kier alpha value is -2.52. The van der Waals surface area contributed by atoms with Crippen LogP contribution in [0.25, 0.3) is 6.08 Å². The summed E-state index contributed by atoms with van der Waals surface area (Å²) in [6.45, 7) is 3.74. The summed E-state index contributed by atoms with van der Waals surface area (Å²) in [5.41, 5.74) is 0.272. The molecule has 3 rings (SSSR count). The zero-order valence-corrected chi connectivity index (χ0v) is 17.4. The van der Waals surface area contributed by atoms with Gasteiger partial charge in [-0.15, -0.1) is 18.3 Å². The highest BCUT2D eigenvalue weighted by Crippen LogP contribution is 2.38. The number of rotatable bonds is 6. The number of hydrogen-bond donors (Lipinski definition) is 1. The molecule has 0 atom stereocenters. The Morgan fingerprint density at radius 3 is 2.69 bits per heavy atom. The van der Waals surface area contributed by atoms with E-state index in [2.05, 4.69) is 11.9 Å². The summed E-state index contributed by atoms with van der Waals surface area (Å²) in [5.74, 6) is -1.18. The summed E-state index contributed by atoms with van der Waals surface area (Å²) in [4.78, 5) is 37.9. The van der Waals surface area contributed by atoms with Crippen LogP contribution >= 0.6 is 24.0 Å². The number of amides is 2. The molecular weight excluding hydrogens is 410 g/mol. The number of carbonyl (C=O) groups excluding carboxylic acids is 2. The third-order valence-corrected chi connectivity index (χ3v) is 6.56. The maximum Gasteiger partial charge on any atom is 0.283 e.